The fourth-order valence-electron chi connectivity index (χ4n) is 5.20. The zero-order valence-corrected chi connectivity index (χ0v) is 19.3. The number of hydrogen-bond acceptors (Lipinski definition) is 5. The first-order valence-electron chi connectivity index (χ1n) is 11.9. The maximum atomic E-state index is 14.1. The maximum Gasteiger partial charge on any atom is 0.165 e. The van der Waals surface area contributed by atoms with Crippen molar-refractivity contribution in [2.24, 2.45) is 0 Å². The molecule has 33 heavy (non-hydrogen) atoms. The van der Waals surface area contributed by atoms with E-state index in [9.17, 15) is 9.50 Å². The van der Waals surface area contributed by atoms with Crippen LogP contribution in [0.25, 0.3) is 11.1 Å². The van der Waals surface area contributed by atoms with Crippen LogP contribution in [0.1, 0.15) is 41.7 Å². The van der Waals surface area contributed by atoms with Crippen LogP contribution in [-0.4, -0.2) is 52.7 Å². The van der Waals surface area contributed by atoms with Crippen molar-refractivity contribution in [3.63, 3.8) is 0 Å². The Kier molecular flexibility index (Phi) is 6.08. The number of nitrogens with one attached hydrogen (secondary N) is 3. The monoisotopic (exact) mass is 449 g/mol. The van der Waals surface area contributed by atoms with Gasteiger partial charge in [-0.2, -0.15) is 0 Å². The summed E-state index contributed by atoms with van der Waals surface area (Å²) in [5.74, 6) is 0.0899. The Labute approximate surface area is 194 Å². The summed E-state index contributed by atoms with van der Waals surface area (Å²) in [7, 11) is 1.90. The number of anilines is 1. The highest BCUT2D eigenvalue weighted by atomic mass is 19.1. The van der Waals surface area contributed by atoms with Gasteiger partial charge in [0.05, 0.1) is 11.4 Å². The van der Waals surface area contributed by atoms with E-state index < -0.39 is 5.82 Å². The van der Waals surface area contributed by atoms with Gasteiger partial charge >= 0.3 is 0 Å². The molecule has 0 spiro atoms. The second-order valence-corrected chi connectivity index (χ2v) is 9.09. The van der Waals surface area contributed by atoms with Crippen molar-refractivity contribution >= 4 is 5.69 Å². The Morgan fingerprint density at radius 3 is 2.88 bits per heavy atom. The zero-order chi connectivity index (χ0) is 22.9. The number of imidazole rings is 1. The molecule has 1 saturated heterocycles. The lowest BCUT2D eigenvalue weighted by Crippen LogP contribution is -2.40. The summed E-state index contributed by atoms with van der Waals surface area (Å²) < 4.78 is 14.1. The molecule has 2 aromatic carbocycles. The molecule has 2 aliphatic heterocycles. The van der Waals surface area contributed by atoms with Gasteiger partial charge in [-0.3, -0.25) is 4.90 Å². The first-order chi connectivity index (χ1) is 16.1. The number of H-pyrrole nitrogens is 1. The first-order valence-corrected chi connectivity index (χ1v) is 11.9. The van der Waals surface area contributed by atoms with Gasteiger partial charge in [0.2, 0.25) is 0 Å². The van der Waals surface area contributed by atoms with Gasteiger partial charge in [0, 0.05) is 51.3 Å². The lowest BCUT2D eigenvalue weighted by atomic mass is 9.95. The second kappa shape index (κ2) is 9.15. The van der Waals surface area contributed by atoms with Crippen LogP contribution in [0.4, 0.5) is 10.1 Å². The number of aromatic amines is 1. The number of benzene rings is 2. The highest BCUT2D eigenvalue weighted by Crippen LogP contribution is 2.33. The summed E-state index contributed by atoms with van der Waals surface area (Å²) in [5.41, 5.74) is 7.24. The van der Waals surface area contributed by atoms with Crippen LogP contribution < -0.4 is 10.6 Å². The summed E-state index contributed by atoms with van der Waals surface area (Å²) in [5, 5.41) is 16.5. The van der Waals surface area contributed by atoms with E-state index in [2.05, 4.69) is 32.7 Å². The molecule has 2 aliphatic rings. The molecule has 7 heteroatoms. The largest absolute Gasteiger partial charge is 0.505 e. The number of aromatic hydroxyl groups is 1. The zero-order valence-electron chi connectivity index (χ0n) is 19.3. The Balaban J connectivity index is 1.38. The minimum Gasteiger partial charge on any atom is -0.505 e. The Bertz CT molecular complexity index is 1150. The summed E-state index contributed by atoms with van der Waals surface area (Å²) in [6, 6.07) is 9.75. The molecule has 0 radical (unpaired) electrons. The van der Waals surface area contributed by atoms with Crippen LogP contribution in [0.2, 0.25) is 0 Å². The van der Waals surface area contributed by atoms with Gasteiger partial charge in [0.15, 0.2) is 11.6 Å². The molecule has 4 N–H and O–H groups in total. The molecule has 0 amide bonds. The van der Waals surface area contributed by atoms with Crippen molar-refractivity contribution in [2.45, 2.75) is 45.2 Å². The molecule has 5 rings (SSSR count). The maximum absolute atomic E-state index is 14.1. The van der Waals surface area contributed by atoms with Gasteiger partial charge < -0.3 is 20.7 Å². The Hall–Kier alpha value is -2.90. The summed E-state index contributed by atoms with van der Waals surface area (Å²) in [6.45, 7) is 6.22. The number of aryl methyl sites for hydroxylation is 1. The van der Waals surface area contributed by atoms with E-state index in [4.69, 9.17) is 4.98 Å². The lowest BCUT2D eigenvalue weighted by Gasteiger charge is -2.31. The topological polar surface area (TPSA) is 76.2 Å². The van der Waals surface area contributed by atoms with Crippen LogP contribution in [0, 0.1) is 5.82 Å². The van der Waals surface area contributed by atoms with E-state index >= 15 is 0 Å². The molecule has 6 nitrogen and oxygen atoms in total. The lowest BCUT2D eigenvalue weighted by molar-refractivity contribution is 0.187. The first kappa shape index (κ1) is 21.9. The van der Waals surface area contributed by atoms with Crippen molar-refractivity contribution in [3.8, 4) is 16.9 Å². The van der Waals surface area contributed by atoms with E-state index in [1.807, 2.05) is 20.0 Å². The van der Waals surface area contributed by atoms with Crippen LogP contribution in [-0.2, 0) is 25.8 Å². The molecule has 3 aromatic rings. The van der Waals surface area contributed by atoms with Gasteiger partial charge in [0.25, 0.3) is 0 Å². The minimum absolute atomic E-state index is 0.300. The third-order valence-corrected chi connectivity index (χ3v) is 7.06. The number of aromatic nitrogens is 2. The molecule has 1 unspecified atom stereocenters. The molecule has 0 saturated carbocycles. The molecule has 3 heterocycles. The van der Waals surface area contributed by atoms with Gasteiger partial charge in [-0.15, -0.1) is 0 Å². The van der Waals surface area contributed by atoms with Gasteiger partial charge in [-0.25, -0.2) is 9.37 Å². The number of fused-ring (bicyclic) bond motifs is 1. The van der Waals surface area contributed by atoms with Crippen molar-refractivity contribution in [2.75, 3.05) is 32.0 Å². The standard InChI is InChI=1S/C26H32FN5O/c1-3-16-11-25(33)21(27)13-20(16)17-4-5-18(23(10-17)28-2)12-26-30-22-7-9-32(15-24(22)31-26)19-6-8-29-14-19/h4-5,10-11,13,19,28-29,33H,3,6-9,12,14-15H2,1-2H3,(H,30,31). The SMILES string of the molecule is CCc1cc(O)c(F)cc1-c1ccc(Cc2nc3c([nH]2)CN(C2CCNC2)CC3)c(NC)c1. The highest BCUT2D eigenvalue weighted by Gasteiger charge is 2.27. The van der Waals surface area contributed by atoms with E-state index in [-0.39, 0.29) is 5.75 Å². The van der Waals surface area contributed by atoms with Crippen LogP contribution in [0.15, 0.2) is 30.3 Å². The predicted octanol–water partition coefficient (Wildman–Crippen LogP) is 3.84. The van der Waals surface area contributed by atoms with E-state index in [1.54, 1.807) is 0 Å². The molecular formula is C26H32FN5O. The normalized spacial score (nSPS) is 18.5. The molecule has 1 aromatic heterocycles. The van der Waals surface area contributed by atoms with Crippen molar-refractivity contribution in [1.29, 1.82) is 0 Å². The smallest absolute Gasteiger partial charge is 0.165 e. The molecule has 0 aliphatic carbocycles. The third kappa shape index (κ3) is 4.35. The minimum atomic E-state index is -0.596. The van der Waals surface area contributed by atoms with Crippen molar-refractivity contribution in [3.05, 3.63) is 64.5 Å². The molecule has 0 bridgehead atoms. The van der Waals surface area contributed by atoms with Gasteiger partial charge in [-0.1, -0.05) is 19.1 Å². The van der Waals surface area contributed by atoms with E-state index in [0.717, 1.165) is 66.4 Å². The summed E-state index contributed by atoms with van der Waals surface area (Å²) in [6.07, 6.45) is 3.63. The van der Waals surface area contributed by atoms with Crippen LogP contribution in [0.5, 0.6) is 5.75 Å². The van der Waals surface area contributed by atoms with Crippen molar-refractivity contribution in [1.82, 2.24) is 20.2 Å². The van der Waals surface area contributed by atoms with E-state index in [1.165, 1.54) is 29.9 Å². The predicted molar refractivity (Wildman–Crippen MR) is 129 cm³/mol. The fourth-order valence-corrected chi connectivity index (χ4v) is 5.20. The van der Waals surface area contributed by atoms with Gasteiger partial charge in [-0.05, 0) is 59.8 Å². The fraction of sp³-hybridized carbons (Fsp3) is 0.423. The van der Waals surface area contributed by atoms with Crippen LogP contribution in [0.3, 0.4) is 0 Å². The molecule has 1 atom stereocenters. The molecule has 1 fully saturated rings. The van der Waals surface area contributed by atoms with Crippen molar-refractivity contribution < 1.29 is 9.50 Å². The highest BCUT2D eigenvalue weighted by molar-refractivity contribution is 5.73. The van der Waals surface area contributed by atoms with E-state index in [0.29, 0.717) is 18.9 Å². The Morgan fingerprint density at radius 2 is 2.12 bits per heavy atom. The number of halogens is 1. The number of phenols is 1. The summed E-state index contributed by atoms with van der Waals surface area (Å²) >= 11 is 0. The number of nitrogens with zero attached hydrogens (tertiary/aromatic N) is 2. The second-order valence-electron chi connectivity index (χ2n) is 9.09. The number of phenolic OH excluding ortho intramolecular Hbond substituents is 1. The molecule has 174 valence electrons. The number of hydrogen-bond donors (Lipinski definition) is 4. The average molecular weight is 450 g/mol. The Morgan fingerprint density at radius 1 is 1.24 bits per heavy atom. The number of rotatable bonds is 6. The molecular weight excluding hydrogens is 417 g/mol. The summed E-state index contributed by atoms with van der Waals surface area (Å²) in [4.78, 5) is 11.1. The third-order valence-electron chi connectivity index (χ3n) is 7.06. The van der Waals surface area contributed by atoms with Crippen LogP contribution >= 0.6 is 0 Å². The quantitative estimate of drug-likeness (QED) is 0.460. The average Bonchev–Trinajstić information content (AvgIpc) is 3.50. The van der Waals surface area contributed by atoms with Gasteiger partial charge in [0.1, 0.15) is 5.82 Å².